The van der Waals surface area contributed by atoms with Crippen LogP contribution in [0.5, 0.6) is 0 Å². The summed E-state index contributed by atoms with van der Waals surface area (Å²) in [5.41, 5.74) is 0. The molecule has 1 aliphatic rings. The van der Waals surface area contributed by atoms with Crippen molar-refractivity contribution in [3.63, 3.8) is 0 Å². The Morgan fingerprint density at radius 1 is 1.35 bits per heavy atom. The minimum atomic E-state index is -3.89. The molecule has 0 spiro atoms. The van der Waals surface area contributed by atoms with Gasteiger partial charge in [0.1, 0.15) is 4.90 Å². The number of sulfonamides is 1. The number of rotatable bonds is 4. The van der Waals surface area contributed by atoms with E-state index in [9.17, 15) is 13.2 Å². The lowest BCUT2D eigenvalue weighted by molar-refractivity contribution is -0.137. The Hall–Kier alpha value is -0.820. The summed E-state index contributed by atoms with van der Waals surface area (Å²) in [6.07, 6.45) is 0.925. The zero-order chi connectivity index (χ0) is 14.9. The van der Waals surface area contributed by atoms with Crippen LogP contribution in [0.2, 0.25) is 10.0 Å². The highest BCUT2D eigenvalue weighted by Gasteiger charge is 2.38. The van der Waals surface area contributed by atoms with Gasteiger partial charge in [-0.2, -0.15) is 4.31 Å². The predicted octanol–water partition coefficient (Wildman–Crippen LogP) is 2.62. The maximum absolute atomic E-state index is 12.6. The van der Waals surface area contributed by atoms with Crippen molar-refractivity contribution in [1.82, 2.24) is 4.31 Å². The van der Waals surface area contributed by atoms with Crippen LogP contribution in [0.25, 0.3) is 0 Å². The molecule has 1 unspecified atom stereocenters. The lowest BCUT2D eigenvalue weighted by atomic mass is 10.2. The first-order valence-corrected chi connectivity index (χ1v) is 8.21. The fourth-order valence-corrected chi connectivity index (χ4v) is 5.17. The van der Waals surface area contributed by atoms with Crippen molar-refractivity contribution in [2.24, 2.45) is 0 Å². The zero-order valence-corrected chi connectivity index (χ0v) is 12.7. The van der Waals surface area contributed by atoms with Crippen molar-refractivity contribution in [3.05, 3.63) is 28.2 Å². The number of aliphatic carboxylic acids is 1. The Labute approximate surface area is 127 Å². The molecule has 2 rings (SSSR count). The van der Waals surface area contributed by atoms with Gasteiger partial charge in [0.2, 0.25) is 10.0 Å². The number of benzene rings is 1. The molecular weight excluding hydrogens is 325 g/mol. The van der Waals surface area contributed by atoms with E-state index in [1.807, 2.05) is 0 Å². The fraction of sp³-hybridized carbons (Fsp3) is 0.417. The molecule has 20 heavy (non-hydrogen) atoms. The molecule has 8 heteroatoms. The Kier molecular flexibility index (Phi) is 4.59. The molecular formula is C12H13Cl2NO4S. The van der Waals surface area contributed by atoms with Crippen LogP contribution in [-0.4, -0.2) is 36.4 Å². The van der Waals surface area contributed by atoms with Crippen LogP contribution in [0, 0.1) is 0 Å². The molecule has 1 fully saturated rings. The molecule has 0 saturated carbocycles. The van der Waals surface area contributed by atoms with Crippen molar-refractivity contribution < 1.29 is 18.3 Å². The molecule has 0 amide bonds. The number of carboxylic acid groups (broad SMARTS) is 1. The van der Waals surface area contributed by atoms with Gasteiger partial charge in [-0.15, -0.1) is 0 Å². The summed E-state index contributed by atoms with van der Waals surface area (Å²) >= 11 is 11.9. The first-order chi connectivity index (χ1) is 9.34. The van der Waals surface area contributed by atoms with Crippen LogP contribution < -0.4 is 0 Å². The first-order valence-electron chi connectivity index (χ1n) is 6.01. The van der Waals surface area contributed by atoms with Crippen LogP contribution >= 0.6 is 23.2 Å². The molecule has 1 N–H and O–H groups in total. The zero-order valence-electron chi connectivity index (χ0n) is 10.4. The van der Waals surface area contributed by atoms with Crippen LogP contribution in [-0.2, 0) is 14.8 Å². The van der Waals surface area contributed by atoms with E-state index in [-0.39, 0.29) is 27.9 Å². The maximum atomic E-state index is 12.6. The van der Waals surface area contributed by atoms with E-state index in [0.717, 1.165) is 0 Å². The van der Waals surface area contributed by atoms with Crippen LogP contribution in [0.3, 0.4) is 0 Å². The van der Waals surface area contributed by atoms with E-state index in [1.165, 1.54) is 16.4 Å². The number of hydrogen-bond donors (Lipinski definition) is 1. The smallest absolute Gasteiger partial charge is 0.304 e. The molecule has 1 heterocycles. The third-order valence-electron chi connectivity index (χ3n) is 3.22. The van der Waals surface area contributed by atoms with Gasteiger partial charge in [-0.3, -0.25) is 4.79 Å². The standard InChI is InChI=1S/C12H13Cl2NO4S/c13-9-4-1-5-10(14)12(9)20(18,19)15-6-2-3-8(15)7-11(16)17/h1,4-5,8H,2-3,6-7H2,(H,16,17). The van der Waals surface area contributed by atoms with Gasteiger partial charge in [0.25, 0.3) is 0 Å². The number of hydrogen-bond acceptors (Lipinski definition) is 3. The van der Waals surface area contributed by atoms with Crippen molar-refractivity contribution >= 4 is 39.2 Å². The third-order valence-corrected chi connectivity index (χ3v) is 6.13. The van der Waals surface area contributed by atoms with Gasteiger partial charge < -0.3 is 5.11 Å². The molecule has 1 aromatic carbocycles. The van der Waals surface area contributed by atoms with Crippen molar-refractivity contribution in [2.45, 2.75) is 30.2 Å². The molecule has 1 aliphatic heterocycles. The largest absolute Gasteiger partial charge is 0.481 e. The van der Waals surface area contributed by atoms with Crippen LogP contribution in [0.15, 0.2) is 23.1 Å². The van der Waals surface area contributed by atoms with Crippen LogP contribution in [0.1, 0.15) is 19.3 Å². The van der Waals surface area contributed by atoms with Gasteiger partial charge in [-0.1, -0.05) is 29.3 Å². The fourth-order valence-electron chi connectivity index (χ4n) is 2.38. The van der Waals surface area contributed by atoms with Crippen LogP contribution in [0.4, 0.5) is 0 Å². The van der Waals surface area contributed by atoms with E-state index in [0.29, 0.717) is 12.8 Å². The summed E-state index contributed by atoms with van der Waals surface area (Å²) in [7, 11) is -3.89. The van der Waals surface area contributed by atoms with E-state index in [4.69, 9.17) is 28.3 Å². The molecule has 0 radical (unpaired) electrons. The highest BCUT2D eigenvalue weighted by Crippen LogP contribution is 2.35. The second kappa shape index (κ2) is 5.89. The summed E-state index contributed by atoms with van der Waals surface area (Å²) in [6.45, 7) is 0.280. The summed E-state index contributed by atoms with van der Waals surface area (Å²) in [5, 5.41) is 8.94. The Bertz CT molecular complexity index is 612. The Balaban J connectivity index is 2.42. The quantitative estimate of drug-likeness (QED) is 0.916. The maximum Gasteiger partial charge on any atom is 0.304 e. The molecule has 0 aromatic heterocycles. The summed E-state index contributed by atoms with van der Waals surface area (Å²) in [4.78, 5) is 10.7. The van der Waals surface area contributed by atoms with Gasteiger partial charge >= 0.3 is 5.97 Å². The summed E-state index contributed by atoms with van der Waals surface area (Å²) in [5.74, 6) is -1.03. The highest BCUT2D eigenvalue weighted by molar-refractivity contribution is 7.89. The normalized spacial score (nSPS) is 20.2. The van der Waals surface area contributed by atoms with Gasteiger partial charge in [0.15, 0.2) is 0 Å². The Morgan fingerprint density at radius 3 is 2.50 bits per heavy atom. The van der Waals surface area contributed by atoms with E-state index >= 15 is 0 Å². The van der Waals surface area contributed by atoms with E-state index < -0.39 is 22.0 Å². The minimum Gasteiger partial charge on any atom is -0.481 e. The summed E-state index contributed by atoms with van der Waals surface area (Å²) in [6, 6.07) is 3.90. The van der Waals surface area contributed by atoms with Gasteiger partial charge in [-0.05, 0) is 25.0 Å². The van der Waals surface area contributed by atoms with Gasteiger partial charge in [0, 0.05) is 12.6 Å². The summed E-state index contributed by atoms with van der Waals surface area (Å²) < 4.78 is 26.5. The highest BCUT2D eigenvalue weighted by atomic mass is 35.5. The average Bonchev–Trinajstić information content (AvgIpc) is 2.76. The molecule has 110 valence electrons. The predicted molar refractivity (Wildman–Crippen MR) is 75.6 cm³/mol. The molecule has 0 aliphatic carbocycles. The average molecular weight is 338 g/mol. The second-order valence-corrected chi connectivity index (χ2v) is 7.20. The molecule has 1 saturated heterocycles. The molecule has 1 atom stereocenters. The number of carboxylic acids is 1. The van der Waals surface area contributed by atoms with Crippen molar-refractivity contribution in [1.29, 1.82) is 0 Å². The van der Waals surface area contributed by atoms with Crippen molar-refractivity contribution in [3.8, 4) is 0 Å². The lowest BCUT2D eigenvalue weighted by Gasteiger charge is -2.23. The monoisotopic (exact) mass is 337 g/mol. The molecule has 1 aromatic rings. The number of carbonyl (C=O) groups is 1. The molecule has 5 nitrogen and oxygen atoms in total. The Morgan fingerprint density at radius 2 is 1.95 bits per heavy atom. The third kappa shape index (κ3) is 2.93. The van der Waals surface area contributed by atoms with E-state index in [1.54, 1.807) is 6.07 Å². The van der Waals surface area contributed by atoms with E-state index in [2.05, 4.69) is 0 Å². The van der Waals surface area contributed by atoms with Gasteiger partial charge in [-0.25, -0.2) is 8.42 Å². The SMILES string of the molecule is O=C(O)CC1CCCN1S(=O)(=O)c1c(Cl)cccc1Cl. The second-order valence-electron chi connectivity index (χ2n) is 4.56. The number of halogens is 2. The molecule has 0 bridgehead atoms. The first kappa shape index (κ1) is 15.6. The van der Waals surface area contributed by atoms with Gasteiger partial charge in [0.05, 0.1) is 16.5 Å². The lowest BCUT2D eigenvalue weighted by Crippen LogP contribution is -2.37. The number of nitrogens with zero attached hydrogens (tertiary/aromatic N) is 1. The van der Waals surface area contributed by atoms with Crippen molar-refractivity contribution in [2.75, 3.05) is 6.54 Å². The minimum absolute atomic E-state index is 0.0403. The topological polar surface area (TPSA) is 74.7 Å².